The minimum absolute atomic E-state index is 0.184. The maximum atomic E-state index is 14.3. The molecule has 8 aromatic rings. The predicted octanol–water partition coefficient (Wildman–Crippen LogP) is 35.1. The van der Waals surface area contributed by atoms with Gasteiger partial charge in [0, 0.05) is 18.6 Å². The van der Waals surface area contributed by atoms with Crippen LogP contribution in [0.3, 0.4) is 0 Å². The highest BCUT2D eigenvalue weighted by Crippen LogP contribution is 2.35. The summed E-state index contributed by atoms with van der Waals surface area (Å²) in [6, 6.07) is 58.8. The Hall–Kier alpha value is -8.90. The quantitative estimate of drug-likeness (QED) is 0.0205. The maximum Gasteiger partial charge on any atom is 0.347 e. The number of benzene rings is 8. The van der Waals surface area contributed by atoms with Gasteiger partial charge in [-0.3, -0.25) is 0 Å². The number of carbonyl (C=O) groups excluding carboxylic acids is 2. The number of carbonyl (C=O) groups is 2. The molecule has 0 N–H and O–H groups in total. The Morgan fingerprint density at radius 1 is 0.209 bits per heavy atom. The second-order valence-corrected chi connectivity index (χ2v) is 36.3. The van der Waals surface area contributed by atoms with Crippen LogP contribution in [-0.2, 0) is 13.2 Å². The van der Waals surface area contributed by atoms with Gasteiger partial charge in [0.1, 0.15) is 81.8 Å². The number of esters is 2. The summed E-state index contributed by atoms with van der Waals surface area (Å²) in [7, 11) is 0. The van der Waals surface area contributed by atoms with Crippen molar-refractivity contribution in [3.05, 3.63) is 204 Å². The first kappa shape index (κ1) is 105. The molecule has 0 aliphatic heterocycles. The van der Waals surface area contributed by atoms with Crippen LogP contribution in [0.2, 0.25) is 0 Å². The first-order valence-corrected chi connectivity index (χ1v) is 52.0. The molecule has 0 radical (unpaired) electrons. The summed E-state index contributed by atoms with van der Waals surface area (Å²) in [6.07, 6.45) is 66.6. The number of hydrogen-bond donors (Lipinski definition) is 0. The molecule has 0 saturated carbocycles. The fourth-order valence-electron chi connectivity index (χ4n) is 16.9. The molecule has 0 unspecified atom stereocenters. The van der Waals surface area contributed by atoms with Crippen LogP contribution >= 0.6 is 0 Å². The fourth-order valence-corrected chi connectivity index (χ4v) is 16.9. The second-order valence-electron chi connectivity index (χ2n) is 36.3. The number of rotatable bonds is 78. The minimum Gasteiger partial charge on any atom is -0.493 e. The van der Waals surface area contributed by atoms with Gasteiger partial charge in [-0.2, -0.15) is 0 Å². The normalized spacial score (nSPS) is 11.3. The van der Waals surface area contributed by atoms with Gasteiger partial charge in [-0.25, -0.2) is 9.59 Å². The van der Waals surface area contributed by atoms with Gasteiger partial charge >= 0.3 is 11.9 Å². The fraction of sp³-hybridized carbons (Fsp3) is 0.573. The smallest absolute Gasteiger partial charge is 0.347 e. The molecule has 0 fully saturated rings. The van der Waals surface area contributed by atoms with Crippen molar-refractivity contribution in [2.75, 3.05) is 26.4 Å². The van der Waals surface area contributed by atoms with Crippen LogP contribution < -0.4 is 47.4 Å². The maximum absolute atomic E-state index is 14.3. The van der Waals surface area contributed by atoms with Gasteiger partial charge in [-0.05, 0) is 195 Å². The van der Waals surface area contributed by atoms with Gasteiger partial charge in [-0.15, -0.1) is 0 Å². The molecule has 8 aromatic carbocycles. The van der Waals surface area contributed by atoms with E-state index in [1.165, 1.54) is 283 Å². The zero-order chi connectivity index (χ0) is 90.7. The molecule has 0 aromatic heterocycles. The van der Waals surface area contributed by atoms with Crippen molar-refractivity contribution in [3.8, 4) is 79.7 Å². The highest BCUT2D eigenvalue weighted by Gasteiger charge is 2.22. The lowest BCUT2D eigenvalue weighted by Crippen LogP contribution is -2.16. The number of unbranched alkanes of at least 4 members (excludes halogenated alkanes) is 42. The molecule has 0 amide bonds. The Morgan fingerprint density at radius 3 is 0.705 bits per heavy atom. The summed E-state index contributed by atoms with van der Waals surface area (Å²) < 4.78 is 63.8. The SMILES string of the molecule is CCCCCCCCCCCCOc1ccc(C(=O)Oc2ccc(-c3ccc(OCc4ccc(OC(CCCCCCCCC)CCCCCCCCC)cc4)cc3)cc2)c(OCCCOc2cc(OCCCCCCCCCCCC)ccc2C(=O)Oc2ccc(-c3ccc(OCc4ccc(OC(CCCCCCCCC)CCCCCCCCC)cc4)cc3)cc2)c1. The molecular weight excluding hydrogens is 1600 g/mol. The van der Waals surface area contributed by atoms with Crippen molar-refractivity contribution in [2.24, 2.45) is 0 Å². The minimum atomic E-state index is -0.558. The molecule has 0 bridgehead atoms. The first-order valence-electron chi connectivity index (χ1n) is 52.0. The van der Waals surface area contributed by atoms with Crippen molar-refractivity contribution in [2.45, 2.75) is 407 Å². The van der Waals surface area contributed by atoms with E-state index in [1.807, 2.05) is 84.9 Å². The monoisotopic (exact) mass is 1770 g/mol. The van der Waals surface area contributed by atoms with Crippen molar-refractivity contribution in [1.82, 2.24) is 0 Å². The van der Waals surface area contributed by atoms with Crippen molar-refractivity contribution in [3.63, 3.8) is 0 Å². The highest BCUT2D eigenvalue weighted by molar-refractivity contribution is 5.95. The number of ether oxygens (including phenoxy) is 10. The summed E-state index contributed by atoms with van der Waals surface area (Å²) in [5.41, 5.74) is 6.65. The van der Waals surface area contributed by atoms with E-state index in [9.17, 15) is 9.59 Å². The molecule has 0 saturated heterocycles. The summed E-state index contributed by atoms with van der Waals surface area (Å²) >= 11 is 0. The van der Waals surface area contributed by atoms with Gasteiger partial charge in [0.15, 0.2) is 0 Å². The molecule has 0 heterocycles. The van der Waals surface area contributed by atoms with E-state index in [1.54, 1.807) is 24.3 Å². The average Bonchev–Trinajstić information content (AvgIpc) is 0.831. The van der Waals surface area contributed by atoms with Crippen LogP contribution in [0.25, 0.3) is 22.3 Å². The van der Waals surface area contributed by atoms with E-state index in [0.717, 1.165) is 108 Å². The summed E-state index contributed by atoms with van der Waals surface area (Å²) in [6.45, 7) is 16.0. The molecule has 12 heteroatoms. The summed E-state index contributed by atoms with van der Waals surface area (Å²) in [5, 5.41) is 0. The Morgan fingerprint density at radius 2 is 0.434 bits per heavy atom. The Balaban J connectivity index is 0.853. The Labute approximate surface area is 781 Å². The lowest BCUT2D eigenvalue weighted by Gasteiger charge is -2.20. The van der Waals surface area contributed by atoms with Gasteiger partial charge in [0.2, 0.25) is 0 Å². The van der Waals surface area contributed by atoms with E-state index >= 15 is 0 Å². The average molecular weight is 1770 g/mol. The molecule has 0 aliphatic rings. The summed E-state index contributed by atoms with van der Waals surface area (Å²) in [5.74, 6) is 5.01. The molecule has 0 aliphatic carbocycles. The molecule has 8 rings (SSSR count). The second kappa shape index (κ2) is 68.2. The van der Waals surface area contributed by atoms with E-state index < -0.39 is 11.9 Å². The standard InChI is InChI=1S/C117H168O12/c1-7-13-19-25-31-33-35-41-47-53-88-120-110-84-86-112(116(118)128-108-80-68-100(69-81-108)98-64-76-102(77-65-98)124-94-96-60-72-106(73-61-96)126-104(56-49-43-37-27-21-15-9-3)57-50-44-38-28-22-16-10-4)114(92-110)122-90-55-91-123-115-93-111(121-89-54-48-42-36-34-32-26-20-14-8-2)85-87-113(115)117(119)129-109-82-70-101(71-83-109)99-66-78-103(79-67-99)125-95-97-62-74-107(75-63-97)127-105(58-51-45-39-29-23-17-11-5)59-52-46-40-30-24-18-12-6/h60-87,92-93,104-105H,7-59,88-91,94-95H2,1-6H3. The van der Waals surface area contributed by atoms with Crippen LogP contribution in [0.4, 0.5) is 0 Å². The van der Waals surface area contributed by atoms with E-state index in [-0.39, 0.29) is 36.5 Å². The van der Waals surface area contributed by atoms with E-state index in [4.69, 9.17) is 47.4 Å². The topological polar surface area (TPSA) is 126 Å². The lowest BCUT2D eigenvalue weighted by atomic mass is 10.0. The third-order valence-electron chi connectivity index (χ3n) is 25.0. The molecule has 12 nitrogen and oxygen atoms in total. The van der Waals surface area contributed by atoms with Crippen molar-refractivity contribution >= 4 is 11.9 Å². The Kier molecular flexibility index (Phi) is 55.7. The molecule has 708 valence electrons. The van der Waals surface area contributed by atoms with Crippen LogP contribution in [0, 0.1) is 0 Å². The van der Waals surface area contributed by atoms with Gasteiger partial charge in [0.25, 0.3) is 0 Å². The van der Waals surface area contributed by atoms with Gasteiger partial charge < -0.3 is 47.4 Å². The summed E-state index contributed by atoms with van der Waals surface area (Å²) in [4.78, 5) is 28.6. The molecule has 0 spiro atoms. The van der Waals surface area contributed by atoms with Crippen LogP contribution in [0.15, 0.2) is 182 Å². The number of hydrogen-bond acceptors (Lipinski definition) is 12. The first-order chi connectivity index (χ1) is 63.6. The zero-order valence-corrected chi connectivity index (χ0v) is 81.1. The molecule has 0 atom stereocenters. The van der Waals surface area contributed by atoms with Crippen LogP contribution in [0.1, 0.15) is 414 Å². The van der Waals surface area contributed by atoms with Crippen molar-refractivity contribution in [1.29, 1.82) is 0 Å². The molecular formula is C117H168O12. The highest BCUT2D eigenvalue weighted by atomic mass is 16.5. The third kappa shape index (κ3) is 45.7. The van der Waals surface area contributed by atoms with E-state index in [0.29, 0.717) is 67.3 Å². The van der Waals surface area contributed by atoms with Gasteiger partial charge in [0.05, 0.1) is 38.6 Å². The van der Waals surface area contributed by atoms with Crippen LogP contribution in [-0.4, -0.2) is 50.6 Å². The van der Waals surface area contributed by atoms with Crippen LogP contribution in [0.5, 0.6) is 57.5 Å². The zero-order valence-electron chi connectivity index (χ0n) is 81.1. The third-order valence-corrected chi connectivity index (χ3v) is 25.0. The van der Waals surface area contributed by atoms with Gasteiger partial charge in [-0.1, -0.05) is 384 Å². The Bertz CT molecular complexity index is 3820. The molecule has 129 heavy (non-hydrogen) atoms. The largest absolute Gasteiger partial charge is 0.493 e. The van der Waals surface area contributed by atoms with E-state index in [2.05, 4.69) is 114 Å². The predicted molar refractivity (Wildman–Crippen MR) is 538 cm³/mol. The lowest BCUT2D eigenvalue weighted by molar-refractivity contribution is 0.0721. The van der Waals surface area contributed by atoms with Crippen molar-refractivity contribution < 1.29 is 57.0 Å².